The van der Waals surface area contributed by atoms with Crippen LogP contribution in [0, 0.1) is 0 Å². The van der Waals surface area contributed by atoms with Crippen molar-refractivity contribution in [3.63, 3.8) is 0 Å². The maximum Gasteiger partial charge on any atom is 0.180 e. The van der Waals surface area contributed by atoms with Gasteiger partial charge in [0.15, 0.2) is 4.30 Å². The molecule has 10 heteroatoms. The van der Waals surface area contributed by atoms with E-state index in [0.29, 0.717) is 5.15 Å². The molecule has 2 aromatic rings. The van der Waals surface area contributed by atoms with Crippen molar-refractivity contribution in [2.75, 3.05) is 0 Å². The van der Waals surface area contributed by atoms with Crippen LogP contribution in [-0.2, 0) is 12.3 Å². The number of fused-ring (bicyclic) bond motifs is 2. The topological polar surface area (TPSA) is 26.2 Å². The van der Waals surface area contributed by atoms with Gasteiger partial charge in [-0.3, -0.25) is 0 Å². The summed E-state index contributed by atoms with van der Waals surface area (Å²) in [6.07, 6.45) is 3.54. The van der Waals surface area contributed by atoms with Crippen LogP contribution in [-0.4, -0.2) is 12.1 Å². The van der Waals surface area contributed by atoms with E-state index in [0.717, 1.165) is 24.1 Å². The average molecular weight is 449 g/mol. The van der Waals surface area contributed by atoms with Crippen LogP contribution in [0.1, 0.15) is 0 Å². The number of rotatable bonds is 0. The molecule has 2 aliphatic rings. The Labute approximate surface area is 166 Å². The quantitative estimate of drug-likeness (QED) is 0.254. The minimum absolute atomic E-state index is 0. The van der Waals surface area contributed by atoms with Crippen LogP contribution in [0.5, 0.6) is 11.8 Å². The van der Waals surface area contributed by atoms with Crippen molar-refractivity contribution in [3.05, 3.63) is 47.7 Å². The monoisotopic (exact) mass is 446 g/mol. The zero-order valence-corrected chi connectivity index (χ0v) is 17.4. The Morgan fingerprint density at radius 2 is 1.62 bits per heavy atom. The van der Waals surface area contributed by atoms with Gasteiger partial charge < -0.3 is 12.4 Å². The maximum absolute atomic E-state index is 6.29. The van der Waals surface area contributed by atoms with E-state index < -0.39 is 12.1 Å². The summed E-state index contributed by atoms with van der Waals surface area (Å²) in [7, 11) is -3.03. The first-order valence-corrected chi connectivity index (χ1v) is 11.9. The summed E-state index contributed by atoms with van der Waals surface area (Å²) in [6, 6.07) is 11.7. The Hall–Kier alpha value is -0.433. The first-order chi connectivity index (χ1) is 10.8. The van der Waals surface area contributed by atoms with Gasteiger partial charge in [0, 0.05) is 0 Å². The van der Waals surface area contributed by atoms with Crippen molar-refractivity contribution >= 4 is 54.2 Å². The number of aromatic nitrogens is 2. The summed E-state index contributed by atoms with van der Waals surface area (Å²) in [5.74, 6) is 1.68. The van der Waals surface area contributed by atoms with Gasteiger partial charge in [0.2, 0.25) is 0 Å². The minimum Gasteiger partial charge on any atom is -1.00 e. The molecule has 0 saturated heterocycles. The molecule has 0 bridgehead atoms. The Balaban J connectivity index is 0.000000379. The van der Waals surface area contributed by atoms with Crippen LogP contribution in [0.2, 0.25) is 11.7 Å². The molecule has 24 heavy (non-hydrogen) atoms. The summed E-state index contributed by atoms with van der Waals surface area (Å²) in [6.45, 7) is 2.14. The number of hydrogen-bond acceptors (Lipinski definition) is 2. The summed E-state index contributed by atoms with van der Waals surface area (Å²) >= 11 is 20.7. The van der Waals surface area contributed by atoms with E-state index in [9.17, 15) is 0 Å². The second-order valence-electron chi connectivity index (χ2n) is 5.92. The molecule has 0 amide bonds. The molecule has 4 nitrogen and oxygen atoms in total. The third-order valence-electron chi connectivity index (χ3n) is 3.81. The van der Waals surface area contributed by atoms with Gasteiger partial charge in [0.05, 0.1) is 0 Å². The molecule has 0 N–H and O–H groups in total. The van der Waals surface area contributed by atoms with Crippen LogP contribution in [0.4, 0.5) is 0 Å². The molecular formula is C14H15Cl5N2O2Si. The molecule has 0 saturated carbocycles. The molecule has 0 unspecified atom stereocenters. The van der Waals surface area contributed by atoms with Gasteiger partial charge in [-0.05, 0) is 0 Å². The van der Waals surface area contributed by atoms with Crippen LogP contribution >= 0.6 is 46.4 Å². The van der Waals surface area contributed by atoms with Gasteiger partial charge in [-0.1, -0.05) is 34.8 Å². The minimum atomic E-state index is -3.03. The fraction of sp³-hybridized carbons (Fsp3) is 0.286. The number of alkyl halides is 3. The van der Waals surface area contributed by atoms with Crippen LogP contribution in [0.15, 0.2) is 42.6 Å². The van der Waals surface area contributed by atoms with Crippen molar-refractivity contribution in [1.29, 1.82) is 0 Å². The van der Waals surface area contributed by atoms with Crippen molar-refractivity contribution in [3.8, 4) is 11.8 Å². The first kappa shape index (κ1) is 19.9. The van der Waals surface area contributed by atoms with Crippen LogP contribution in [0.25, 0.3) is 0 Å². The summed E-state index contributed by atoms with van der Waals surface area (Å²) in [5.41, 5.74) is 0. The molecule has 2 aliphatic heterocycles. The number of hydrogen-bond donors (Lipinski definition) is 0. The zero-order valence-electron chi connectivity index (χ0n) is 12.6. The zero-order chi connectivity index (χ0) is 16.7. The van der Waals surface area contributed by atoms with Crippen molar-refractivity contribution in [2.24, 2.45) is 0 Å². The number of nitrogens with zero attached hydrogens (tertiary/aromatic N) is 2. The Morgan fingerprint density at radius 3 is 2.25 bits per heavy atom. The second-order valence-corrected chi connectivity index (χ2v) is 13.4. The Morgan fingerprint density at radius 1 is 1.00 bits per heavy atom. The molecular weight excluding hydrogens is 434 g/mol. The largest absolute Gasteiger partial charge is 1.00 e. The van der Waals surface area contributed by atoms with E-state index in [2.05, 4.69) is 11.1 Å². The van der Waals surface area contributed by atoms with E-state index >= 15 is 0 Å². The van der Waals surface area contributed by atoms with Crippen molar-refractivity contribution < 1.29 is 30.4 Å². The Bertz CT molecular complexity index is 734. The van der Waals surface area contributed by atoms with Crippen LogP contribution < -0.4 is 30.4 Å². The predicted molar refractivity (Wildman–Crippen MR) is 92.5 cm³/mol. The van der Waals surface area contributed by atoms with Gasteiger partial charge >= 0.3 is 116 Å². The molecule has 0 aliphatic carbocycles. The van der Waals surface area contributed by atoms with Gasteiger partial charge in [-0.2, -0.15) is 0 Å². The second kappa shape index (κ2) is 7.06. The molecule has 0 atom stereocenters. The average Bonchev–Trinajstić information content (AvgIpc) is 2.92. The molecule has 0 fully saturated rings. The van der Waals surface area contributed by atoms with Crippen molar-refractivity contribution in [1.82, 2.24) is 0 Å². The van der Waals surface area contributed by atoms with Gasteiger partial charge in [-0.15, -0.1) is 0 Å². The molecule has 1 spiro atoms. The molecule has 132 valence electrons. The van der Waals surface area contributed by atoms with Crippen molar-refractivity contribution in [2.45, 2.75) is 23.2 Å². The van der Waals surface area contributed by atoms with Gasteiger partial charge in [-0.25, -0.2) is 0 Å². The predicted octanol–water partition coefficient (Wildman–Crippen LogP) is 0.495. The fourth-order valence-electron chi connectivity index (χ4n) is 3.04. The Kier molecular flexibility index (Phi) is 5.85. The third kappa shape index (κ3) is 3.87. The summed E-state index contributed by atoms with van der Waals surface area (Å²) in [5, 5.41) is 0.691. The molecule has 0 aromatic carbocycles. The number of halogens is 5. The van der Waals surface area contributed by atoms with E-state index in [4.69, 9.17) is 55.3 Å². The molecule has 4 rings (SSSR count). The third-order valence-corrected chi connectivity index (χ3v) is 7.96. The van der Waals surface area contributed by atoms with Crippen LogP contribution in [0.3, 0.4) is 0 Å². The SMILES string of the molecule is C[Si-]12(C[n+]3ccccc3O1)C[n+]1c(Cl)cccc1O2.ClC(Cl)Cl.[Cl-]. The fourth-order valence-corrected chi connectivity index (χ4v) is 7.55. The molecule has 0 radical (unpaired) electrons. The summed E-state index contributed by atoms with van der Waals surface area (Å²) in [4.78, 5) is 0. The smallest absolute Gasteiger partial charge is 0.180 e. The van der Waals surface area contributed by atoms with E-state index in [-0.39, 0.29) is 12.4 Å². The molecule has 4 heterocycles. The van der Waals surface area contributed by atoms with Gasteiger partial charge in [0.25, 0.3) is 0 Å². The van der Waals surface area contributed by atoms with E-state index in [1.54, 1.807) is 0 Å². The maximum atomic E-state index is 6.29. The standard InChI is InChI=1S/C13H14ClN2O2Si.CHCl3.ClH/c1-19(9-15-8-3-2-6-12(15)17-19)10-16-11(14)5-4-7-13(16)18-19;2-1(3)4;/h2-8H,9-10H2,1H3;1H;1H/q+1;;/p-1. The first-order valence-electron chi connectivity index (χ1n) is 6.96. The van der Waals surface area contributed by atoms with Gasteiger partial charge in [0.1, 0.15) is 0 Å². The van der Waals surface area contributed by atoms with E-state index in [1.807, 2.05) is 47.2 Å². The normalized spacial score (nSPS) is 19.5. The number of pyridine rings is 2. The molecule has 2 aromatic heterocycles. The van der Waals surface area contributed by atoms with E-state index in [1.165, 1.54) is 0 Å². The summed E-state index contributed by atoms with van der Waals surface area (Å²) < 4.78 is 16.0.